The van der Waals surface area contributed by atoms with Crippen LogP contribution in [0.3, 0.4) is 0 Å². The quantitative estimate of drug-likeness (QED) is 0.778. The molecule has 0 saturated carbocycles. The first kappa shape index (κ1) is 13.4. The minimum atomic E-state index is -0.922. The summed E-state index contributed by atoms with van der Waals surface area (Å²) in [5, 5.41) is 13.7. The minimum absolute atomic E-state index is 0.0718. The van der Waals surface area contributed by atoms with Crippen molar-refractivity contribution in [1.82, 2.24) is 5.32 Å². The van der Waals surface area contributed by atoms with E-state index >= 15 is 0 Å². The highest BCUT2D eigenvalue weighted by Gasteiger charge is 2.10. The summed E-state index contributed by atoms with van der Waals surface area (Å²) in [5.41, 5.74) is 3.42. The molecule has 0 unspecified atom stereocenters. The summed E-state index contributed by atoms with van der Waals surface area (Å²) in [6.07, 6.45) is 4.53. The van der Waals surface area contributed by atoms with E-state index < -0.39 is 5.97 Å². The van der Waals surface area contributed by atoms with Crippen molar-refractivity contribution in [3.05, 3.63) is 29.3 Å². The number of amides is 2. The van der Waals surface area contributed by atoms with Crippen LogP contribution in [0.5, 0.6) is 0 Å². The van der Waals surface area contributed by atoms with E-state index in [1.165, 1.54) is 24.0 Å². The lowest BCUT2D eigenvalue weighted by atomic mass is 9.91. The van der Waals surface area contributed by atoms with Gasteiger partial charge in [0, 0.05) is 12.2 Å². The predicted octanol–water partition coefficient (Wildman–Crippen LogP) is 2.16. The van der Waals surface area contributed by atoms with Crippen molar-refractivity contribution in [2.75, 3.05) is 11.9 Å². The Morgan fingerprint density at radius 2 is 1.89 bits per heavy atom. The SMILES string of the molecule is O=C(O)CCNC(=O)Nc1ccc2c(c1)CCCC2. The number of hydrogen-bond donors (Lipinski definition) is 3. The second-order valence-electron chi connectivity index (χ2n) is 4.72. The van der Waals surface area contributed by atoms with Crippen LogP contribution in [-0.4, -0.2) is 23.7 Å². The van der Waals surface area contributed by atoms with E-state index in [2.05, 4.69) is 16.7 Å². The molecule has 5 nitrogen and oxygen atoms in total. The third-order valence-electron chi connectivity index (χ3n) is 3.23. The summed E-state index contributed by atoms with van der Waals surface area (Å²) in [4.78, 5) is 21.9. The first-order valence-corrected chi connectivity index (χ1v) is 6.53. The van der Waals surface area contributed by atoms with E-state index in [1.54, 1.807) is 0 Å². The molecule has 0 atom stereocenters. The third-order valence-corrected chi connectivity index (χ3v) is 3.23. The molecule has 0 aromatic heterocycles. The Kier molecular flexibility index (Phi) is 4.39. The maximum atomic E-state index is 11.5. The number of urea groups is 1. The van der Waals surface area contributed by atoms with Crippen molar-refractivity contribution in [3.63, 3.8) is 0 Å². The van der Waals surface area contributed by atoms with Gasteiger partial charge in [-0.1, -0.05) is 6.07 Å². The maximum absolute atomic E-state index is 11.5. The van der Waals surface area contributed by atoms with Crippen molar-refractivity contribution >= 4 is 17.7 Å². The zero-order chi connectivity index (χ0) is 13.7. The number of anilines is 1. The van der Waals surface area contributed by atoms with Gasteiger partial charge in [0.05, 0.1) is 6.42 Å². The van der Waals surface area contributed by atoms with Crippen molar-refractivity contribution < 1.29 is 14.7 Å². The molecule has 0 spiro atoms. The number of carboxylic acid groups (broad SMARTS) is 1. The molecule has 2 rings (SSSR count). The highest BCUT2D eigenvalue weighted by Crippen LogP contribution is 2.24. The molecule has 19 heavy (non-hydrogen) atoms. The van der Waals surface area contributed by atoms with E-state index in [1.807, 2.05) is 12.1 Å². The first-order chi connectivity index (χ1) is 9.15. The van der Waals surface area contributed by atoms with E-state index in [0.717, 1.165) is 18.5 Å². The Hall–Kier alpha value is -2.04. The van der Waals surface area contributed by atoms with Gasteiger partial charge in [-0.3, -0.25) is 4.79 Å². The Morgan fingerprint density at radius 1 is 1.16 bits per heavy atom. The number of carbonyl (C=O) groups is 2. The number of hydrogen-bond acceptors (Lipinski definition) is 2. The normalized spacial score (nSPS) is 13.5. The summed E-state index contributed by atoms with van der Waals surface area (Å²) in [6, 6.07) is 5.59. The van der Waals surface area contributed by atoms with E-state index in [-0.39, 0.29) is 19.0 Å². The lowest BCUT2D eigenvalue weighted by Gasteiger charge is -2.16. The monoisotopic (exact) mass is 262 g/mol. The molecule has 0 radical (unpaired) electrons. The van der Waals surface area contributed by atoms with Crippen LogP contribution in [0.15, 0.2) is 18.2 Å². The number of fused-ring (bicyclic) bond motifs is 1. The maximum Gasteiger partial charge on any atom is 0.319 e. The number of carbonyl (C=O) groups excluding carboxylic acids is 1. The molecule has 0 saturated heterocycles. The molecule has 1 aromatic carbocycles. The lowest BCUT2D eigenvalue weighted by Crippen LogP contribution is -2.30. The van der Waals surface area contributed by atoms with E-state index in [9.17, 15) is 9.59 Å². The number of carboxylic acids is 1. The minimum Gasteiger partial charge on any atom is -0.481 e. The van der Waals surface area contributed by atoms with Gasteiger partial charge in [0.2, 0.25) is 0 Å². The van der Waals surface area contributed by atoms with Gasteiger partial charge < -0.3 is 15.7 Å². The molecule has 1 aliphatic carbocycles. The lowest BCUT2D eigenvalue weighted by molar-refractivity contribution is -0.136. The van der Waals surface area contributed by atoms with E-state index in [4.69, 9.17) is 5.11 Å². The molecule has 0 aliphatic heterocycles. The molecule has 1 aromatic rings. The molecule has 0 heterocycles. The topological polar surface area (TPSA) is 78.4 Å². The largest absolute Gasteiger partial charge is 0.481 e. The van der Waals surface area contributed by atoms with Crippen molar-refractivity contribution in [3.8, 4) is 0 Å². The van der Waals surface area contributed by atoms with Gasteiger partial charge in [-0.15, -0.1) is 0 Å². The third kappa shape index (κ3) is 3.98. The van der Waals surface area contributed by atoms with Gasteiger partial charge in [-0.05, 0) is 48.9 Å². The Morgan fingerprint density at radius 3 is 2.63 bits per heavy atom. The number of rotatable bonds is 4. The number of aliphatic carboxylic acids is 1. The fourth-order valence-corrected chi connectivity index (χ4v) is 2.27. The molecule has 102 valence electrons. The fourth-order valence-electron chi connectivity index (χ4n) is 2.27. The molecule has 2 amide bonds. The summed E-state index contributed by atoms with van der Waals surface area (Å²) < 4.78 is 0. The number of nitrogens with one attached hydrogen (secondary N) is 2. The second-order valence-corrected chi connectivity index (χ2v) is 4.72. The van der Waals surface area contributed by atoms with Gasteiger partial charge >= 0.3 is 12.0 Å². The van der Waals surface area contributed by atoms with Crippen molar-refractivity contribution in [2.24, 2.45) is 0 Å². The van der Waals surface area contributed by atoms with Crippen LogP contribution in [0.1, 0.15) is 30.4 Å². The number of aryl methyl sites for hydroxylation is 2. The van der Waals surface area contributed by atoms with Gasteiger partial charge in [-0.2, -0.15) is 0 Å². The molecule has 0 fully saturated rings. The number of benzene rings is 1. The fraction of sp³-hybridized carbons (Fsp3) is 0.429. The average Bonchev–Trinajstić information content (AvgIpc) is 2.38. The van der Waals surface area contributed by atoms with Crippen LogP contribution in [0, 0.1) is 0 Å². The second kappa shape index (κ2) is 6.22. The Balaban J connectivity index is 1.88. The van der Waals surface area contributed by atoms with Gasteiger partial charge in [0.1, 0.15) is 0 Å². The van der Waals surface area contributed by atoms with Gasteiger partial charge in [0.25, 0.3) is 0 Å². The Bertz CT molecular complexity index is 486. The summed E-state index contributed by atoms with van der Waals surface area (Å²) >= 11 is 0. The Labute approximate surface area is 112 Å². The highest BCUT2D eigenvalue weighted by atomic mass is 16.4. The smallest absolute Gasteiger partial charge is 0.319 e. The van der Waals surface area contributed by atoms with Crippen LogP contribution >= 0.6 is 0 Å². The molecule has 1 aliphatic rings. The molecule has 5 heteroatoms. The summed E-state index contributed by atoms with van der Waals surface area (Å²) in [6.45, 7) is 0.131. The van der Waals surface area contributed by atoms with Crippen LogP contribution < -0.4 is 10.6 Å². The van der Waals surface area contributed by atoms with Crippen molar-refractivity contribution in [2.45, 2.75) is 32.1 Å². The van der Waals surface area contributed by atoms with Crippen molar-refractivity contribution in [1.29, 1.82) is 0 Å². The molecule has 0 bridgehead atoms. The average molecular weight is 262 g/mol. The molecular weight excluding hydrogens is 244 g/mol. The zero-order valence-electron chi connectivity index (χ0n) is 10.7. The van der Waals surface area contributed by atoms with Gasteiger partial charge in [-0.25, -0.2) is 4.79 Å². The van der Waals surface area contributed by atoms with Crippen LogP contribution in [0.4, 0.5) is 10.5 Å². The standard InChI is InChI=1S/C14H18N2O3/c17-13(18)7-8-15-14(19)16-12-6-5-10-3-1-2-4-11(10)9-12/h5-6,9H,1-4,7-8H2,(H,17,18)(H2,15,16,19). The van der Waals surface area contributed by atoms with Crippen LogP contribution in [0.25, 0.3) is 0 Å². The highest BCUT2D eigenvalue weighted by molar-refractivity contribution is 5.89. The van der Waals surface area contributed by atoms with Crippen LogP contribution in [0.2, 0.25) is 0 Å². The molecular formula is C14H18N2O3. The van der Waals surface area contributed by atoms with Crippen LogP contribution in [-0.2, 0) is 17.6 Å². The zero-order valence-corrected chi connectivity index (χ0v) is 10.7. The first-order valence-electron chi connectivity index (χ1n) is 6.53. The predicted molar refractivity (Wildman–Crippen MR) is 72.4 cm³/mol. The van der Waals surface area contributed by atoms with Gasteiger partial charge in [0.15, 0.2) is 0 Å². The van der Waals surface area contributed by atoms with E-state index in [0.29, 0.717) is 0 Å². The summed E-state index contributed by atoms with van der Waals surface area (Å²) in [7, 11) is 0. The molecule has 3 N–H and O–H groups in total. The summed E-state index contributed by atoms with van der Waals surface area (Å²) in [5.74, 6) is -0.922.